The lowest BCUT2D eigenvalue weighted by atomic mass is 10.2. The standard InChI is InChI=1S/C11H10BrIN2O/c1-15(6-2-5-14)11(16)9-7-8(13)3-4-10(9)12/h3-4,7H,2,6H2,1H3. The van der Waals surface area contributed by atoms with Crippen LogP contribution in [0.4, 0.5) is 0 Å². The highest BCUT2D eigenvalue weighted by Gasteiger charge is 2.14. The third-order valence-electron chi connectivity index (χ3n) is 2.06. The minimum Gasteiger partial charge on any atom is -0.341 e. The maximum Gasteiger partial charge on any atom is 0.254 e. The summed E-state index contributed by atoms with van der Waals surface area (Å²) >= 11 is 5.52. The van der Waals surface area contributed by atoms with Gasteiger partial charge in [0.15, 0.2) is 0 Å². The average molecular weight is 393 g/mol. The van der Waals surface area contributed by atoms with Gasteiger partial charge in [0.25, 0.3) is 5.91 Å². The number of amides is 1. The van der Waals surface area contributed by atoms with E-state index in [1.807, 2.05) is 24.3 Å². The van der Waals surface area contributed by atoms with Crippen LogP contribution in [0.5, 0.6) is 0 Å². The van der Waals surface area contributed by atoms with Gasteiger partial charge in [0.05, 0.1) is 18.1 Å². The molecule has 1 aromatic carbocycles. The zero-order valence-electron chi connectivity index (χ0n) is 8.70. The first-order chi connectivity index (χ1) is 7.56. The molecule has 0 radical (unpaired) electrons. The quantitative estimate of drug-likeness (QED) is 0.742. The second-order valence-electron chi connectivity index (χ2n) is 3.26. The van der Waals surface area contributed by atoms with Crippen molar-refractivity contribution in [3.8, 4) is 6.07 Å². The Morgan fingerprint density at radius 2 is 2.31 bits per heavy atom. The van der Waals surface area contributed by atoms with Crippen molar-refractivity contribution in [3.63, 3.8) is 0 Å². The van der Waals surface area contributed by atoms with Crippen LogP contribution >= 0.6 is 38.5 Å². The lowest BCUT2D eigenvalue weighted by molar-refractivity contribution is 0.0797. The molecule has 0 atom stereocenters. The van der Waals surface area contributed by atoms with Gasteiger partial charge in [-0.15, -0.1) is 0 Å². The Morgan fingerprint density at radius 3 is 2.94 bits per heavy atom. The van der Waals surface area contributed by atoms with E-state index in [-0.39, 0.29) is 5.91 Å². The number of hydrogen-bond donors (Lipinski definition) is 0. The van der Waals surface area contributed by atoms with E-state index in [4.69, 9.17) is 5.26 Å². The summed E-state index contributed by atoms with van der Waals surface area (Å²) in [4.78, 5) is 13.6. The first-order valence-corrected chi connectivity index (χ1v) is 6.51. The van der Waals surface area contributed by atoms with Crippen molar-refractivity contribution in [3.05, 3.63) is 31.8 Å². The molecule has 0 aliphatic heterocycles. The highest BCUT2D eigenvalue weighted by molar-refractivity contribution is 14.1. The van der Waals surface area contributed by atoms with E-state index in [9.17, 15) is 4.79 Å². The molecule has 0 unspecified atom stereocenters. The second-order valence-corrected chi connectivity index (χ2v) is 5.36. The van der Waals surface area contributed by atoms with Gasteiger partial charge in [0.2, 0.25) is 0 Å². The van der Waals surface area contributed by atoms with Crippen molar-refractivity contribution >= 4 is 44.4 Å². The van der Waals surface area contributed by atoms with E-state index in [1.165, 1.54) is 0 Å². The Balaban J connectivity index is 2.88. The van der Waals surface area contributed by atoms with Gasteiger partial charge in [-0.1, -0.05) is 0 Å². The molecule has 0 heterocycles. The van der Waals surface area contributed by atoms with Gasteiger partial charge in [0, 0.05) is 21.6 Å². The molecule has 1 aromatic rings. The van der Waals surface area contributed by atoms with E-state index in [0.717, 1.165) is 8.04 Å². The molecule has 0 aliphatic rings. The Kier molecular flexibility index (Phi) is 5.22. The van der Waals surface area contributed by atoms with Crippen LogP contribution in [0.15, 0.2) is 22.7 Å². The molecule has 0 spiro atoms. The zero-order valence-corrected chi connectivity index (χ0v) is 12.4. The minimum absolute atomic E-state index is 0.0689. The molecule has 1 amide bonds. The van der Waals surface area contributed by atoms with Crippen molar-refractivity contribution in [2.24, 2.45) is 0 Å². The Hall–Kier alpha value is -0.610. The number of halogens is 2. The summed E-state index contributed by atoms with van der Waals surface area (Å²) in [6, 6.07) is 7.63. The molecule has 0 fully saturated rings. The lowest BCUT2D eigenvalue weighted by Gasteiger charge is -2.16. The Labute approximate surface area is 117 Å². The second kappa shape index (κ2) is 6.21. The first-order valence-electron chi connectivity index (χ1n) is 4.63. The lowest BCUT2D eigenvalue weighted by Crippen LogP contribution is -2.27. The number of benzene rings is 1. The molecule has 0 N–H and O–H groups in total. The molecule has 16 heavy (non-hydrogen) atoms. The van der Waals surface area contributed by atoms with Crippen LogP contribution < -0.4 is 0 Å². The SMILES string of the molecule is CN(CCC#N)C(=O)c1cc(I)ccc1Br. The van der Waals surface area contributed by atoms with Gasteiger partial charge < -0.3 is 4.90 Å². The molecular formula is C11H10BrIN2O. The molecule has 0 aliphatic carbocycles. The van der Waals surface area contributed by atoms with Gasteiger partial charge >= 0.3 is 0 Å². The molecule has 5 heteroatoms. The highest BCUT2D eigenvalue weighted by atomic mass is 127. The molecule has 84 valence electrons. The van der Waals surface area contributed by atoms with E-state index in [2.05, 4.69) is 38.5 Å². The first kappa shape index (κ1) is 13.5. The summed E-state index contributed by atoms with van der Waals surface area (Å²) < 4.78 is 1.79. The van der Waals surface area contributed by atoms with E-state index >= 15 is 0 Å². The molecule has 0 aromatic heterocycles. The topological polar surface area (TPSA) is 44.1 Å². The molecular weight excluding hydrogens is 383 g/mol. The normalized spacial score (nSPS) is 9.62. The number of hydrogen-bond acceptors (Lipinski definition) is 2. The predicted octanol–water partition coefficient (Wildman–Crippen LogP) is 3.04. The van der Waals surface area contributed by atoms with Gasteiger partial charge in [-0.3, -0.25) is 4.79 Å². The molecule has 3 nitrogen and oxygen atoms in total. The van der Waals surface area contributed by atoms with Crippen LogP contribution in [0.1, 0.15) is 16.8 Å². The summed E-state index contributed by atoms with van der Waals surface area (Å²) in [5, 5.41) is 8.47. The van der Waals surface area contributed by atoms with E-state index < -0.39 is 0 Å². The van der Waals surface area contributed by atoms with Gasteiger partial charge in [-0.2, -0.15) is 5.26 Å². The summed E-state index contributed by atoms with van der Waals surface area (Å²) in [7, 11) is 1.70. The van der Waals surface area contributed by atoms with Crippen LogP contribution in [-0.2, 0) is 0 Å². The fourth-order valence-corrected chi connectivity index (χ4v) is 2.09. The smallest absolute Gasteiger partial charge is 0.254 e. The van der Waals surface area contributed by atoms with Crippen LogP contribution in [0.25, 0.3) is 0 Å². The number of nitrogens with zero attached hydrogens (tertiary/aromatic N) is 2. The number of carbonyl (C=O) groups is 1. The largest absolute Gasteiger partial charge is 0.341 e. The van der Waals surface area contributed by atoms with Gasteiger partial charge in [0.1, 0.15) is 0 Å². The van der Waals surface area contributed by atoms with Crippen molar-refractivity contribution in [1.82, 2.24) is 4.90 Å². The van der Waals surface area contributed by atoms with Crippen molar-refractivity contribution < 1.29 is 4.79 Å². The van der Waals surface area contributed by atoms with E-state index in [1.54, 1.807) is 11.9 Å². The average Bonchev–Trinajstić information content (AvgIpc) is 2.28. The highest BCUT2D eigenvalue weighted by Crippen LogP contribution is 2.20. The van der Waals surface area contributed by atoms with Crippen LogP contribution in [-0.4, -0.2) is 24.4 Å². The molecule has 1 rings (SSSR count). The predicted molar refractivity (Wildman–Crippen MR) is 74.0 cm³/mol. The van der Waals surface area contributed by atoms with Crippen LogP contribution in [0.2, 0.25) is 0 Å². The fourth-order valence-electron chi connectivity index (χ4n) is 1.19. The maximum atomic E-state index is 12.0. The molecule has 0 bridgehead atoms. The van der Waals surface area contributed by atoms with E-state index in [0.29, 0.717) is 18.5 Å². The van der Waals surface area contributed by atoms with Crippen molar-refractivity contribution in [2.45, 2.75) is 6.42 Å². The summed E-state index contributed by atoms with van der Waals surface area (Å²) in [6.07, 6.45) is 0.351. The zero-order chi connectivity index (χ0) is 12.1. The fraction of sp³-hybridized carbons (Fsp3) is 0.273. The summed E-state index contributed by atoms with van der Waals surface area (Å²) in [5.41, 5.74) is 0.632. The number of rotatable bonds is 3. The van der Waals surface area contributed by atoms with Gasteiger partial charge in [-0.05, 0) is 56.7 Å². The summed E-state index contributed by atoms with van der Waals surface area (Å²) in [6.45, 7) is 0.452. The summed E-state index contributed by atoms with van der Waals surface area (Å²) in [5.74, 6) is -0.0689. The van der Waals surface area contributed by atoms with Gasteiger partial charge in [-0.25, -0.2) is 0 Å². The number of nitriles is 1. The third-order valence-corrected chi connectivity index (χ3v) is 3.43. The number of carbonyl (C=O) groups excluding carboxylic acids is 1. The third kappa shape index (κ3) is 3.46. The Morgan fingerprint density at radius 1 is 1.62 bits per heavy atom. The van der Waals surface area contributed by atoms with Crippen LogP contribution in [0.3, 0.4) is 0 Å². The van der Waals surface area contributed by atoms with Crippen molar-refractivity contribution in [2.75, 3.05) is 13.6 Å². The maximum absolute atomic E-state index is 12.0. The van der Waals surface area contributed by atoms with Crippen molar-refractivity contribution in [1.29, 1.82) is 5.26 Å². The minimum atomic E-state index is -0.0689. The molecule has 0 saturated heterocycles. The van der Waals surface area contributed by atoms with Crippen LogP contribution in [0, 0.1) is 14.9 Å². The Bertz CT molecular complexity index is 442. The monoisotopic (exact) mass is 392 g/mol. The molecule has 0 saturated carbocycles.